The molecule has 0 aliphatic rings. The maximum atomic E-state index is 11.7. The molecular formula is C14H12O4. The fraction of sp³-hybridized carbons (Fsp3) is 0.143. The van der Waals surface area contributed by atoms with E-state index in [0.717, 1.165) is 0 Å². The molecule has 0 spiro atoms. The lowest BCUT2D eigenvalue weighted by atomic mass is 10.1. The second-order valence-electron chi connectivity index (χ2n) is 3.80. The van der Waals surface area contributed by atoms with E-state index < -0.39 is 11.4 Å². The average molecular weight is 244 g/mol. The summed E-state index contributed by atoms with van der Waals surface area (Å²) < 4.78 is 5.06. The van der Waals surface area contributed by atoms with Crippen molar-refractivity contribution in [3.8, 4) is 17.1 Å². The number of hydrogen-bond donors (Lipinski definition) is 1. The van der Waals surface area contributed by atoms with Crippen LogP contribution in [0.3, 0.4) is 0 Å². The smallest absolute Gasteiger partial charge is 0.351 e. The molecule has 0 saturated carbocycles. The highest BCUT2D eigenvalue weighted by Crippen LogP contribution is 2.24. The Balaban J connectivity index is 2.57. The van der Waals surface area contributed by atoms with Crippen LogP contribution in [0.5, 0.6) is 5.75 Å². The van der Waals surface area contributed by atoms with E-state index >= 15 is 0 Å². The fourth-order valence-corrected chi connectivity index (χ4v) is 1.66. The minimum atomic E-state index is -0.805. The van der Waals surface area contributed by atoms with Crippen LogP contribution in [0.15, 0.2) is 45.6 Å². The predicted molar refractivity (Wildman–Crippen MR) is 66.7 cm³/mol. The molecule has 0 aliphatic heterocycles. The van der Waals surface area contributed by atoms with Gasteiger partial charge >= 0.3 is 5.63 Å². The number of benzene rings is 1. The lowest BCUT2D eigenvalue weighted by Gasteiger charge is -2.04. The molecule has 0 unspecified atom stereocenters. The Labute approximate surface area is 104 Å². The summed E-state index contributed by atoms with van der Waals surface area (Å²) in [6.07, 6.45) is 0.142. The van der Waals surface area contributed by atoms with Gasteiger partial charge in [0.15, 0.2) is 5.78 Å². The third-order valence-corrected chi connectivity index (χ3v) is 2.59. The van der Waals surface area contributed by atoms with Crippen molar-refractivity contribution >= 4 is 5.78 Å². The molecule has 1 aromatic heterocycles. The van der Waals surface area contributed by atoms with Gasteiger partial charge in [-0.1, -0.05) is 37.3 Å². The highest BCUT2D eigenvalue weighted by atomic mass is 16.4. The average Bonchev–Trinajstić information content (AvgIpc) is 2.38. The summed E-state index contributed by atoms with van der Waals surface area (Å²) in [6, 6.07) is 10.2. The van der Waals surface area contributed by atoms with E-state index in [1.54, 1.807) is 31.2 Å². The summed E-state index contributed by atoms with van der Waals surface area (Å²) in [5, 5.41) is 9.75. The van der Waals surface area contributed by atoms with Crippen molar-refractivity contribution < 1.29 is 14.3 Å². The molecule has 92 valence electrons. The van der Waals surface area contributed by atoms with Crippen molar-refractivity contribution in [2.45, 2.75) is 13.3 Å². The molecule has 2 aromatic rings. The Morgan fingerprint density at radius 2 is 1.94 bits per heavy atom. The second kappa shape index (κ2) is 4.87. The van der Waals surface area contributed by atoms with Gasteiger partial charge in [-0.3, -0.25) is 4.79 Å². The fourth-order valence-electron chi connectivity index (χ4n) is 1.66. The highest BCUT2D eigenvalue weighted by Gasteiger charge is 2.17. The van der Waals surface area contributed by atoms with E-state index in [0.29, 0.717) is 5.56 Å². The summed E-state index contributed by atoms with van der Waals surface area (Å²) in [6.45, 7) is 1.62. The molecule has 0 amide bonds. The molecular weight excluding hydrogens is 232 g/mol. The van der Waals surface area contributed by atoms with Gasteiger partial charge in [0.2, 0.25) is 0 Å². The molecule has 2 rings (SSSR count). The maximum absolute atomic E-state index is 11.7. The normalized spacial score (nSPS) is 10.3. The van der Waals surface area contributed by atoms with Gasteiger partial charge in [0.1, 0.15) is 17.1 Å². The van der Waals surface area contributed by atoms with E-state index in [4.69, 9.17) is 4.42 Å². The second-order valence-corrected chi connectivity index (χ2v) is 3.80. The van der Waals surface area contributed by atoms with Crippen molar-refractivity contribution in [1.82, 2.24) is 0 Å². The van der Waals surface area contributed by atoms with E-state index in [2.05, 4.69) is 0 Å². The molecule has 1 heterocycles. The van der Waals surface area contributed by atoms with E-state index in [9.17, 15) is 14.7 Å². The Bertz CT molecular complexity index is 626. The first-order chi connectivity index (χ1) is 8.63. The van der Waals surface area contributed by atoms with Crippen LogP contribution in [0.1, 0.15) is 23.7 Å². The zero-order valence-electron chi connectivity index (χ0n) is 9.84. The van der Waals surface area contributed by atoms with E-state index in [1.165, 1.54) is 6.07 Å². The Morgan fingerprint density at radius 3 is 2.50 bits per heavy atom. The molecule has 4 nitrogen and oxygen atoms in total. The summed E-state index contributed by atoms with van der Waals surface area (Å²) >= 11 is 0. The lowest BCUT2D eigenvalue weighted by Crippen LogP contribution is -2.13. The quantitative estimate of drug-likeness (QED) is 0.843. The summed E-state index contributed by atoms with van der Waals surface area (Å²) in [4.78, 5) is 23.2. The van der Waals surface area contributed by atoms with Crippen LogP contribution in [-0.2, 0) is 0 Å². The number of carbonyl (C=O) groups excluding carboxylic acids is 1. The van der Waals surface area contributed by atoms with Crippen LogP contribution in [0.25, 0.3) is 11.3 Å². The topological polar surface area (TPSA) is 67.5 Å². The van der Waals surface area contributed by atoms with Crippen LogP contribution < -0.4 is 5.63 Å². The Kier molecular flexibility index (Phi) is 3.28. The first kappa shape index (κ1) is 12.1. The van der Waals surface area contributed by atoms with Crippen molar-refractivity contribution in [3.63, 3.8) is 0 Å². The summed E-state index contributed by atoms with van der Waals surface area (Å²) in [5.74, 6) is -0.524. The summed E-state index contributed by atoms with van der Waals surface area (Å²) in [7, 11) is 0. The third kappa shape index (κ3) is 2.18. The molecule has 0 aliphatic carbocycles. The lowest BCUT2D eigenvalue weighted by molar-refractivity contribution is 0.0981. The van der Waals surface area contributed by atoms with Gasteiger partial charge in [0.25, 0.3) is 0 Å². The molecule has 0 fully saturated rings. The van der Waals surface area contributed by atoms with Gasteiger partial charge in [-0.05, 0) is 0 Å². The number of rotatable bonds is 3. The highest BCUT2D eigenvalue weighted by molar-refractivity contribution is 5.98. The van der Waals surface area contributed by atoms with Crippen LogP contribution >= 0.6 is 0 Å². The molecule has 4 heteroatoms. The standard InChI is InChI=1S/C14H12O4/c1-2-10(15)13-11(16)8-12(18-14(13)17)9-6-4-3-5-7-9/h3-8,16H,2H2,1H3. The SMILES string of the molecule is CCC(=O)c1c(O)cc(-c2ccccc2)oc1=O. The largest absolute Gasteiger partial charge is 0.507 e. The molecule has 1 N–H and O–H groups in total. The first-order valence-electron chi connectivity index (χ1n) is 5.59. The monoisotopic (exact) mass is 244 g/mol. The van der Waals surface area contributed by atoms with Crippen LogP contribution in [0.4, 0.5) is 0 Å². The Morgan fingerprint density at radius 1 is 1.28 bits per heavy atom. The van der Waals surface area contributed by atoms with Crippen molar-refractivity contribution in [1.29, 1.82) is 0 Å². The summed E-state index contributed by atoms with van der Waals surface area (Å²) in [5.41, 5.74) is -0.418. The number of aromatic hydroxyl groups is 1. The maximum Gasteiger partial charge on any atom is 0.351 e. The van der Waals surface area contributed by atoms with Gasteiger partial charge in [-0.2, -0.15) is 0 Å². The van der Waals surface area contributed by atoms with Gasteiger partial charge in [-0.25, -0.2) is 4.79 Å². The molecule has 0 saturated heterocycles. The number of Topliss-reactive ketones (excluding diaryl/α,β-unsaturated/α-hetero) is 1. The van der Waals surface area contributed by atoms with Crippen LogP contribution in [0.2, 0.25) is 0 Å². The number of hydrogen-bond acceptors (Lipinski definition) is 4. The minimum absolute atomic E-state index is 0.142. The van der Waals surface area contributed by atoms with Crippen LogP contribution in [-0.4, -0.2) is 10.9 Å². The minimum Gasteiger partial charge on any atom is -0.507 e. The first-order valence-corrected chi connectivity index (χ1v) is 5.59. The van der Waals surface area contributed by atoms with E-state index in [-0.39, 0.29) is 23.5 Å². The van der Waals surface area contributed by atoms with Crippen LogP contribution in [0, 0.1) is 0 Å². The zero-order valence-corrected chi connectivity index (χ0v) is 9.84. The predicted octanol–water partition coefficient (Wildman–Crippen LogP) is 2.61. The molecule has 1 aromatic carbocycles. The molecule has 18 heavy (non-hydrogen) atoms. The van der Waals surface area contributed by atoms with Gasteiger partial charge in [0.05, 0.1) is 0 Å². The van der Waals surface area contributed by atoms with Crippen molar-refractivity contribution in [3.05, 3.63) is 52.4 Å². The van der Waals surface area contributed by atoms with Gasteiger partial charge in [-0.15, -0.1) is 0 Å². The third-order valence-electron chi connectivity index (χ3n) is 2.59. The number of carbonyl (C=O) groups is 1. The van der Waals surface area contributed by atoms with E-state index in [1.807, 2.05) is 6.07 Å². The zero-order chi connectivity index (χ0) is 13.1. The number of ketones is 1. The van der Waals surface area contributed by atoms with Gasteiger partial charge in [0, 0.05) is 18.1 Å². The molecule has 0 atom stereocenters. The van der Waals surface area contributed by atoms with Crippen molar-refractivity contribution in [2.24, 2.45) is 0 Å². The van der Waals surface area contributed by atoms with Gasteiger partial charge < -0.3 is 9.52 Å². The molecule has 0 bridgehead atoms. The molecule has 0 radical (unpaired) electrons. The Hall–Kier alpha value is -2.36. The van der Waals surface area contributed by atoms with Crippen molar-refractivity contribution in [2.75, 3.05) is 0 Å².